The minimum absolute atomic E-state index is 0.284. The summed E-state index contributed by atoms with van der Waals surface area (Å²) in [6, 6.07) is 5.64. The molecular weight excluding hydrogens is 214 g/mol. The number of aliphatic hydroxyl groups excluding tert-OH is 1. The maximum atomic E-state index is 9.23. The molecule has 2 atom stereocenters. The van der Waals surface area contributed by atoms with Gasteiger partial charge in [-0.25, -0.2) is 4.98 Å². The maximum Gasteiger partial charge on any atom is 0.142 e. The number of rotatable bonds is 4. The number of nitrogens with one attached hydrogen (secondary N) is 1. The van der Waals surface area contributed by atoms with Crippen LogP contribution >= 0.6 is 0 Å². The number of nitriles is 1. The molecule has 1 aromatic rings. The van der Waals surface area contributed by atoms with Crippen molar-refractivity contribution in [2.24, 2.45) is 11.8 Å². The number of pyridine rings is 1. The smallest absolute Gasteiger partial charge is 0.142 e. The third kappa shape index (κ3) is 2.95. The quantitative estimate of drug-likeness (QED) is 0.828. The topological polar surface area (TPSA) is 68.9 Å². The second-order valence-corrected chi connectivity index (χ2v) is 4.56. The van der Waals surface area contributed by atoms with Crippen LogP contribution in [0.15, 0.2) is 18.3 Å². The summed E-state index contributed by atoms with van der Waals surface area (Å²) in [6.45, 7) is 1.15. The molecule has 4 nitrogen and oxygen atoms in total. The molecule has 1 aliphatic rings. The third-order valence-electron chi connectivity index (χ3n) is 3.49. The van der Waals surface area contributed by atoms with Crippen molar-refractivity contribution in [2.45, 2.75) is 19.3 Å². The van der Waals surface area contributed by atoms with E-state index in [2.05, 4.69) is 10.3 Å². The van der Waals surface area contributed by atoms with E-state index in [-0.39, 0.29) is 6.61 Å². The van der Waals surface area contributed by atoms with Gasteiger partial charge in [0.25, 0.3) is 0 Å². The van der Waals surface area contributed by atoms with Crippen LogP contribution in [-0.4, -0.2) is 23.2 Å². The molecule has 90 valence electrons. The lowest BCUT2D eigenvalue weighted by Gasteiger charge is -2.18. The van der Waals surface area contributed by atoms with Crippen LogP contribution in [0.1, 0.15) is 25.0 Å². The first kappa shape index (κ1) is 11.9. The monoisotopic (exact) mass is 231 g/mol. The summed E-state index contributed by atoms with van der Waals surface area (Å²) in [7, 11) is 0. The molecule has 0 aliphatic heterocycles. The minimum Gasteiger partial charge on any atom is -0.396 e. The summed E-state index contributed by atoms with van der Waals surface area (Å²) in [5, 5.41) is 21.3. The first-order chi connectivity index (χ1) is 8.33. The zero-order valence-electron chi connectivity index (χ0n) is 9.76. The lowest BCUT2D eigenvalue weighted by molar-refractivity contribution is 0.199. The summed E-state index contributed by atoms with van der Waals surface area (Å²) in [5.41, 5.74) is 1.36. The van der Waals surface area contributed by atoms with Gasteiger partial charge in [-0.1, -0.05) is 6.42 Å². The van der Waals surface area contributed by atoms with E-state index in [1.807, 2.05) is 12.1 Å². The van der Waals surface area contributed by atoms with Crippen LogP contribution in [0.2, 0.25) is 0 Å². The van der Waals surface area contributed by atoms with Gasteiger partial charge in [-0.2, -0.15) is 5.26 Å². The van der Waals surface area contributed by atoms with E-state index in [0.29, 0.717) is 17.5 Å². The second-order valence-electron chi connectivity index (χ2n) is 4.56. The average molecular weight is 231 g/mol. The number of aliphatic hydroxyl groups is 1. The summed E-state index contributed by atoms with van der Waals surface area (Å²) in [5.74, 6) is 0.971. The molecule has 0 bridgehead atoms. The molecule has 2 N–H and O–H groups in total. The van der Waals surface area contributed by atoms with Gasteiger partial charge in [0.2, 0.25) is 0 Å². The van der Waals surface area contributed by atoms with Crippen LogP contribution in [0.3, 0.4) is 0 Å². The highest BCUT2D eigenvalue weighted by molar-refractivity contribution is 5.45. The molecule has 1 fully saturated rings. The predicted molar refractivity (Wildman–Crippen MR) is 65.4 cm³/mol. The number of aromatic nitrogens is 1. The maximum absolute atomic E-state index is 9.23. The van der Waals surface area contributed by atoms with Gasteiger partial charge in [-0.3, -0.25) is 0 Å². The van der Waals surface area contributed by atoms with E-state index < -0.39 is 0 Å². The number of hydrogen-bond donors (Lipinski definition) is 2. The molecule has 0 radical (unpaired) electrons. The van der Waals surface area contributed by atoms with Gasteiger partial charge in [-0.05, 0) is 36.8 Å². The van der Waals surface area contributed by atoms with E-state index in [1.165, 1.54) is 12.8 Å². The Labute approximate surface area is 101 Å². The SMILES string of the molecule is N#Cc1cc(NCC2CCCC2CO)ccn1. The van der Waals surface area contributed by atoms with Gasteiger partial charge in [0.1, 0.15) is 11.8 Å². The van der Waals surface area contributed by atoms with Crippen LogP contribution in [-0.2, 0) is 0 Å². The van der Waals surface area contributed by atoms with Crippen LogP contribution in [0.4, 0.5) is 5.69 Å². The molecule has 4 heteroatoms. The van der Waals surface area contributed by atoms with Crippen molar-refractivity contribution in [1.29, 1.82) is 5.26 Å². The number of nitrogens with zero attached hydrogens (tertiary/aromatic N) is 2. The standard InChI is InChI=1S/C13H17N3O/c14-7-13-6-12(4-5-15-13)16-8-10-2-1-3-11(10)9-17/h4-6,10-11,17H,1-3,8-9H2,(H,15,16). The number of anilines is 1. The van der Waals surface area contributed by atoms with E-state index >= 15 is 0 Å². The zero-order valence-corrected chi connectivity index (χ0v) is 9.76. The molecule has 0 spiro atoms. The van der Waals surface area contributed by atoms with Gasteiger partial charge in [0, 0.05) is 25.0 Å². The highest BCUT2D eigenvalue weighted by Crippen LogP contribution is 2.31. The summed E-state index contributed by atoms with van der Waals surface area (Å²) >= 11 is 0. The van der Waals surface area contributed by atoms with Crippen LogP contribution < -0.4 is 5.32 Å². The second kappa shape index (κ2) is 5.65. The van der Waals surface area contributed by atoms with Crippen molar-refractivity contribution in [1.82, 2.24) is 4.98 Å². The first-order valence-electron chi connectivity index (χ1n) is 6.04. The molecule has 2 rings (SSSR count). The van der Waals surface area contributed by atoms with Crippen molar-refractivity contribution in [3.63, 3.8) is 0 Å². The Morgan fingerprint density at radius 2 is 2.29 bits per heavy atom. The van der Waals surface area contributed by atoms with E-state index in [1.54, 1.807) is 12.3 Å². The zero-order chi connectivity index (χ0) is 12.1. The Morgan fingerprint density at radius 1 is 1.47 bits per heavy atom. The molecule has 1 aliphatic carbocycles. The Bertz CT molecular complexity index is 413. The molecule has 1 heterocycles. The van der Waals surface area contributed by atoms with Crippen LogP contribution in [0.5, 0.6) is 0 Å². The van der Waals surface area contributed by atoms with E-state index in [9.17, 15) is 5.11 Å². The predicted octanol–water partition coefficient (Wildman–Crippen LogP) is 1.77. The summed E-state index contributed by atoms with van der Waals surface area (Å²) in [6.07, 6.45) is 5.15. The molecule has 17 heavy (non-hydrogen) atoms. The fraction of sp³-hybridized carbons (Fsp3) is 0.538. The lowest BCUT2D eigenvalue weighted by atomic mass is 9.97. The van der Waals surface area contributed by atoms with Gasteiger partial charge in [0.15, 0.2) is 0 Å². The molecule has 0 amide bonds. The van der Waals surface area contributed by atoms with E-state index in [4.69, 9.17) is 5.26 Å². The molecule has 0 saturated heterocycles. The van der Waals surface area contributed by atoms with E-state index in [0.717, 1.165) is 18.7 Å². The Hall–Kier alpha value is -1.60. The van der Waals surface area contributed by atoms with Crippen molar-refractivity contribution in [3.05, 3.63) is 24.0 Å². The van der Waals surface area contributed by atoms with Gasteiger partial charge < -0.3 is 10.4 Å². The highest BCUT2D eigenvalue weighted by Gasteiger charge is 2.26. The normalized spacial score (nSPS) is 23.3. The Morgan fingerprint density at radius 3 is 3.06 bits per heavy atom. The summed E-state index contributed by atoms with van der Waals surface area (Å²) in [4.78, 5) is 3.93. The fourth-order valence-corrected chi connectivity index (χ4v) is 2.47. The first-order valence-corrected chi connectivity index (χ1v) is 6.04. The van der Waals surface area contributed by atoms with Crippen molar-refractivity contribution in [2.75, 3.05) is 18.5 Å². The van der Waals surface area contributed by atoms with Crippen molar-refractivity contribution < 1.29 is 5.11 Å². The summed E-state index contributed by atoms with van der Waals surface area (Å²) < 4.78 is 0. The van der Waals surface area contributed by atoms with Gasteiger partial charge >= 0.3 is 0 Å². The third-order valence-corrected chi connectivity index (χ3v) is 3.49. The van der Waals surface area contributed by atoms with Crippen LogP contribution in [0.25, 0.3) is 0 Å². The lowest BCUT2D eigenvalue weighted by Crippen LogP contribution is -2.20. The molecule has 1 saturated carbocycles. The van der Waals surface area contributed by atoms with Crippen molar-refractivity contribution in [3.8, 4) is 6.07 Å². The van der Waals surface area contributed by atoms with Gasteiger partial charge in [-0.15, -0.1) is 0 Å². The average Bonchev–Trinajstić information content (AvgIpc) is 2.84. The molecule has 2 unspecified atom stereocenters. The Kier molecular flexibility index (Phi) is 3.94. The Balaban J connectivity index is 1.91. The van der Waals surface area contributed by atoms with Crippen LogP contribution in [0, 0.1) is 23.2 Å². The highest BCUT2D eigenvalue weighted by atomic mass is 16.3. The molecule has 0 aromatic carbocycles. The molecule has 1 aromatic heterocycles. The largest absolute Gasteiger partial charge is 0.396 e. The fourth-order valence-electron chi connectivity index (χ4n) is 2.47. The minimum atomic E-state index is 0.284. The molecular formula is C13H17N3O. The van der Waals surface area contributed by atoms with Gasteiger partial charge in [0.05, 0.1) is 0 Å². The van der Waals surface area contributed by atoms with Crippen molar-refractivity contribution >= 4 is 5.69 Å². The number of hydrogen-bond acceptors (Lipinski definition) is 4.